The van der Waals surface area contributed by atoms with Gasteiger partial charge in [0.2, 0.25) is 5.91 Å². The highest BCUT2D eigenvalue weighted by Gasteiger charge is 2.24. The van der Waals surface area contributed by atoms with Crippen molar-refractivity contribution in [3.8, 4) is 0 Å². The van der Waals surface area contributed by atoms with Crippen molar-refractivity contribution in [3.63, 3.8) is 0 Å². The van der Waals surface area contributed by atoms with Gasteiger partial charge in [-0.15, -0.1) is 0 Å². The van der Waals surface area contributed by atoms with Crippen molar-refractivity contribution in [1.29, 1.82) is 0 Å². The molecule has 0 radical (unpaired) electrons. The smallest absolute Gasteiger partial charge is 0.236 e. The number of benzene rings is 1. The second kappa shape index (κ2) is 7.30. The number of likely N-dealkylation sites (tertiary alicyclic amines) is 1. The minimum Gasteiger partial charge on any atom is -0.367 e. The molecule has 3 rings (SSSR count). The van der Waals surface area contributed by atoms with Crippen LogP contribution in [0.2, 0.25) is 0 Å². The van der Waals surface area contributed by atoms with Crippen molar-refractivity contribution in [2.75, 3.05) is 50.7 Å². The zero-order chi connectivity index (χ0) is 16.2. The summed E-state index contributed by atoms with van der Waals surface area (Å²) in [4.78, 5) is 18.7. The highest BCUT2D eigenvalue weighted by Crippen LogP contribution is 2.20. The molecule has 2 saturated heterocycles. The molecule has 2 heterocycles. The van der Waals surface area contributed by atoms with Gasteiger partial charge in [-0.05, 0) is 30.9 Å². The van der Waals surface area contributed by atoms with Crippen molar-refractivity contribution in [2.24, 2.45) is 5.92 Å². The van der Waals surface area contributed by atoms with E-state index in [1.165, 1.54) is 6.07 Å². The molecule has 1 amide bonds. The van der Waals surface area contributed by atoms with Gasteiger partial charge in [-0.2, -0.15) is 0 Å². The van der Waals surface area contributed by atoms with Crippen LogP contribution >= 0.6 is 0 Å². The molecule has 0 N–H and O–H groups in total. The fraction of sp³-hybridized carbons (Fsp3) is 0.611. The zero-order valence-corrected chi connectivity index (χ0v) is 13.9. The Morgan fingerprint density at radius 1 is 1.09 bits per heavy atom. The van der Waals surface area contributed by atoms with Crippen LogP contribution in [-0.4, -0.2) is 61.5 Å². The van der Waals surface area contributed by atoms with Crippen LogP contribution in [0.1, 0.15) is 19.8 Å². The normalized spacial score (nSPS) is 20.8. The van der Waals surface area contributed by atoms with Crippen molar-refractivity contribution in [3.05, 3.63) is 30.1 Å². The number of para-hydroxylation sites is 1. The Kier molecular flexibility index (Phi) is 5.16. The molecule has 0 spiro atoms. The van der Waals surface area contributed by atoms with Gasteiger partial charge in [0, 0.05) is 39.3 Å². The fourth-order valence-electron chi connectivity index (χ4n) is 3.40. The van der Waals surface area contributed by atoms with Crippen LogP contribution in [0.5, 0.6) is 0 Å². The average Bonchev–Trinajstić information content (AvgIpc) is 2.57. The molecule has 126 valence electrons. The third-order valence-electron chi connectivity index (χ3n) is 5.06. The van der Waals surface area contributed by atoms with Crippen molar-refractivity contribution >= 4 is 11.6 Å². The summed E-state index contributed by atoms with van der Waals surface area (Å²) in [6.07, 6.45) is 2.24. The molecule has 0 aromatic heterocycles. The number of carbonyl (C=O) groups is 1. The second-order valence-corrected chi connectivity index (χ2v) is 6.78. The van der Waals surface area contributed by atoms with E-state index in [4.69, 9.17) is 0 Å². The maximum atomic E-state index is 13.8. The van der Waals surface area contributed by atoms with E-state index in [0.717, 1.165) is 58.0 Å². The minimum atomic E-state index is -0.167. The van der Waals surface area contributed by atoms with Crippen LogP contribution in [0, 0.1) is 11.7 Å². The molecular formula is C18H26FN3O. The van der Waals surface area contributed by atoms with Crippen LogP contribution in [0.25, 0.3) is 0 Å². The van der Waals surface area contributed by atoms with Gasteiger partial charge < -0.3 is 9.80 Å². The number of nitrogens with zero attached hydrogens (tertiary/aromatic N) is 3. The summed E-state index contributed by atoms with van der Waals surface area (Å²) in [5.74, 6) is 0.819. The Bertz CT molecular complexity index is 535. The number of hydrogen-bond donors (Lipinski definition) is 0. The van der Waals surface area contributed by atoms with Crippen LogP contribution in [0.3, 0.4) is 0 Å². The lowest BCUT2D eigenvalue weighted by Gasteiger charge is -2.37. The molecule has 2 aliphatic heterocycles. The molecule has 1 aromatic rings. The standard InChI is InChI=1S/C18H26FN3O/c1-15-6-8-22(9-7-15)18(23)14-20-10-12-21(13-11-20)17-5-3-2-4-16(17)19/h2-5,15H,6-14H2,1H3. The van der Waals surface area contributed by atoms with Gasteiger partial charge in [0.1, 0.15) is 5.82 Å². The molecule has 23 heavy (non-hydrogen) atoms. The molecule has 2 aliphatic rings. The Labute approximate surface area is 137 Å². The summed E-state index contributed by atoms with van der Waals surface area (Å²) < 4.78 is 13.8. The van der Waals surface area contributed by atoms with E-state index in [-0.39, 0.29) is 11.7 Å². The SMILES string of the molecule is CC1CCN(C(=O)CN2CCN(c3ccccc3F)CC2)CC1. The van der Waals surface area contributed by atoms with Gasteiger partial charge in [0.15, 0.2) is 0 Å². The number of piperazine rings is 1. The predicted molar refractivity (Wildman–Crippen MR) is 90.0 cm³/mol. The Morgan fingerprint density at radius 2 is 1.74 bits per heavy atom. The zero-order valence-electron chi connectivity index (χ0n) is 13.9. The number of amides is 1. The van der Waals surface area contributed by atoms with Crippen LogP contribution < -0.4 is 4.90 Å². The number of piperidine rings is 1. The first-order chi connectivity index (χ1) is 11.1. The van der Waals surface area contributed by atoms with Crippen molar-refractivity contribution in [2.45, 2.75) is 19.8 Å². The largest absolute Gasteiger partial charge is 0.367 e. The molecule has 0 unspecified atom stereocenters. The number of rotatable bonds is 3. The first kappa shape index (κ1) is 16.2. The fourth-order valence-corrected chi connectivity index (χ4v) is 3.40. The number of carbonyl (C=O) groups excluding carboxylic acids is 1. The van der Waals surface area contributed by atoms with Crippen molar-refractivity contribution < 1.29 is 9.18 Å². The summed E-state index contributed by atoms with van der Waals surface area (Å²) in [6.45, 7) is 7.71. The Morgan fingerprint density at radius 3 is 2.39 bits per heavy atom. The van der Waals surface area contributed by atoms with Crippen LogP contribution in [-0.2, 0) is 4.79 Å². The Hall–Kier alpha value is -1.62. The van der Waals surface area contributed by atoms with E-state index in [1.807, 2.05) is 17.0 Å². The van der Waals surface area contributed by atoms with E-state index in [2.05, 4.69) is 16.7 Å². The highest BCUT2D eigenvalue weighted by atomic mass is 19.1. The summed E-state index contributed by atoms with van der Waals surface area (Å²) in [7, 11) is 0. The van der Waals surface area contributed by atoms with Gasteiger partial charge in [-0.1, -0.05) is 19.1 Å². The molecule has 0 atom stereocenters. The summed E-state index contributed by atoms with van der Waals surface area (Å²) in [6, 6.07) is 6.91. The van der Waals surface area contributed by atoms with E-state index >= 15 is 0 Å². The number of anilines is 1. The first-order valence-corrected chi connectivity index (χ1v) is 8.63. The monoisotopic (exact) mass is 319 g/mol. The molecule has 1 aromatic carbocycles. The van der Waals surface area contributed by atoms with E-state index in [9.17, 15) is 9.18 Å². The van der Waals surface area contributed by atoms with Gasteiger partial charge in [0.05, 0.1) is 12.2 Å². The Balaban J connectivity index is 1.48. The molecule has 4 nitrogen and oxygen atoms in total. The summed E-state index contributed by atoms with van der Waals surface area (Å²) in [5.41, 5.74) is 0.670. The van der Waals surface area contributed by atoms with E-state index in [0.29, 0.717) is 12.2 Å². The van der Waals surface area contributed by atoms with Gasteiger partial charge in [-0.25, -0.2) is 4.39 Å². The van der Waals surface area contributed by atoms with Gasteiger partial charge in [0.25, 0.3) is 0 Å². The van der Waals surface area contributed by atoms with Crippen LogP contribution in [0.4, 0.5) is 10.1 Å². The van der Waals surface area contributed by atoms with Crippen LogP contribution in [0.15, 0.2) is 24.3 Å². The number of hydrogen-bond acceptors (Lipinski definition) is 3. The molecule has 5 heteroatoms. The summed E-state index contributed by atoms with van der Waals surface area (Å²) in [5, 5.41) is 0. The van der Waals surface area contributed by atoms with Crippen molar-refractivity contribution in [1.82, 2.24) is 9.80 Å². The first-order valence-electron chi connectivity index (χ1n) is 8.63. The lowest BCUT2D eigenvalue weighted by molar-refractivity contribution is -0.133. The maximum absolute atomic E-state index is 13.8. The molecule has 0 saturated carbocycles. The van der Waals surface area contributed by atoms with E-state index in [1.54, 1.807) is 6.07 Å². The van der Waals surface area contributed by atoms with Gasteiger partial charge >= 0.3 is 0 Å². The molecular weight excluding hydrogens is 293 g/mol. The second-order valence-electron chi connectivity index (χ2n) is 6.78. The third kappa shape index (κ3) is 4.02. The number of halogens is 1. The quantitative estimate of drug-likeness (QED) is 0.855. The topological polar surface area (TPSA) is 26.8 Å². The maximum Gasteiger partial charge on any atom is 0.236 e. The molecule has 2 fully saturated rings. The highest BCUT2D eigenvalue weighted by molar-refractivity contribution is 5.78. The summed E-state index contributed by atoms with van der Waals surface area (Å²) >= 11 is 0. The minimum absolute atomic E-state index is 0.167. The van der Waals surface area contributed by atoms with Gasteiger partial charge in [-0.3, -0.25) is 9.69 Å². The van der Waals surface area contributed by atoms with E-state index < -0.39 is 0 Å². The lowest BCUT2D eigenvalue weighted by Crippen LogP contribution is -2.51. The predicted octanol–water partition coefficient (Wildman–Crippen LogP) is 2.21. The average molecular weight is 319 g/mol. The lowest BCUT2D eigenvalue weighted by atomic mass is 9.99. The third-order valence-corrected chi connectivity index (χ3v) is 5.06. The molecule has 0 aliphatic carbocycles. The molecule has 0 bridgehead atoms.